The molecule has 0 aliphatic heterocycles. The molecule has 1 aromatic rings. The highest BCUT2D eigenvalue weighted by Gasteiger charge is 2.18. The number of aromatic nitrogens is 1. The van der Waals surface area contributed by atoms with Gasteiger partial charge in [-0.3, -0.25) is 15.1 Å². The van der Waals surface area contributed by atoms with Crippen LogP contribution in [0.5, 0.6) is 0 Å². The summed E-state index contributed by atoms with van der Waals surface area (Å²) in [6, 6.07) is 0. The number of rotatable bonds is 2. The third-order valence-corrected chi connectivity index (χ3v) is 1.97. The Morgan fingerprint density at radius 2 is 2.12 bits per heavy atom. The molecule has 1 amide bonds. The lowest BCUT2D eigenvalue weighted by Crippen LogP contribution is -2.27. The molecule has 92 valence electrons. The smallest absolute Gasteiger partial charge is 0.412 e. The summed E-state index contributed by atoms with van der Waals surface area (Å²) in [5.74, 6) is 0. The van der Waals surface area contributed by atoms with E-state index in [4.69, 9.17) is 16.3 Å². The van der Waals surface area contributed by atoms with E-state index >= 15 is 0 Å². The summed E-state index contributed by atoms with van der Waals surface area (Å²) in [7, 11) is 0. The number of ether oxygens (including phenoxy) is 1. The number of nitrogens with zero attached hydrogens (tertiary/aromatic N) is 1. The molecular weight excluding hydrogens is 244 g/mol. The number of halogens is 1. The number of nitrogens with one attached hydrogen (secondary N) is 1. The Hall–Kier alpha value is -1.62. The minimum atomic E-state index is -0.672. The predicted octanol–water partition coefficient (Wildman–Crippen LogP) is 2.89. The van der Waals surface area contributed by atoms with Crippen molar-refractivity contribution in [1.29, 1.82) is 0 Å². The molecule has 6 heteroatoms. The molecule has 0 bridgehead atoms. The average molecular weight is 257 g/mol. The van der Waals surface area contributed by atoms with Gasteiger partial charge < -0.3 is 4.74 Å². The van der Waals surface area contributed by atoms with Gasteiger partial charge in [-0.05, 0) is 20.8 Å². The Bertz CT molecular complexity index is 441. The Balaban J connectivity index is 2.88. The second-order valence-electron chi connectivity index (χ2n) is 4.33. The summed E-state index contributed by atoms with van der Waals surface area (Å²) in [5, 5.41) is 2.60. The van der Waals surface area contributed by atoms with Crippen molar-refractivity contribution in [2.45, 2.75) is 26.4 Å². The van der Waals surface area contributed by atoms with Gasteiger partial charge in [-0.2, -0.15) is 0 Å². The maximum Gasteiger partial charge on any atom is 0.412 e. The van der Waals surface area contributed by atoms with Crippen LogP contribution in [0.1, 0.15) is 31.1 Å². The summed E-state index contributed by atoms with van der Waals surface area (Å²) in [6.45, 7) is 5.21. The van der Waals surface area contributed by atoms with Crippen LogP contribution in [0.4, 0.5) is 10.5 Å². The van der Waals surface area contributed by atoms with Crippen LogP contribution in [-0.2, 0) is 4.74 Å². The van der Waals surface area contributed by atoms with Gasteiger partial charge in [0.05, 0.1) is 16.3 Å². The van der Waals surface area contributed by atoms with Crippen LogP contribution in [-0.4, -0.2) is 23.0 Å². The van der Waals surface area contributed by atoms with Crippen LogP contribution in [0.15, 0.2) is 12.4 Å². The van der Waals surface area contributed by atoms with Crippen LogP contribution in [0.2, 0.25) is 5.02 Å². The van der Waals surface area contributed by atoms with Crippen LogP contribution in [0.3, 0.4) is 0 Å². The zero-order valence-corrected chi connectivity index (χ0v) is 10.5. The van der Waals surface area contributed by atoms with Gasteiger partial charge in [-0.15, -0.1) is 0 Å². The van der Waals surface area contributed by atoms with Crippen molar-refractivity contribution < 1.29 is 14.3 Å². The Labute approximate surface area is 104 Å². The second-order valence-corrected chi connectivity index (χ2v) is 4.74. The first-order chi connectivity index (χ1) is 7.83. The molecule has 0 unspecified atom stereocenters. The molecule has 0 radical (unpaired) electrons. The van der Waals surface area contributed by atoms with Crippen molar-refractivity contribution in [2.24, 2.45) is 0 Å². The number of hydrogen-bond acceptors (Lipinski definition) is 4. The Kier molecular flexibility index (Phi) is 4.07. The second kappa shape index (κ2) is 5.14. The highest BCUT2D eigenvalue weighted by atomic mass is 35.5. The van der Waals surface area contributed by atoms with Gasteiger partial charge in [0.1, 0.15) is 5.60 Å². The standard InChI is InChI=1S/C11H13ClN2O3/c1-11(2,3)17-10(16)14-9-7(6-15)4-13-5-8(9)12/h4-6H,1-3H3,(H,13,14,16). The molecule has 1 N–H and O–H groups in total. The number of carbonyl (C=O) groups excluding carboxylic acids is 2. The monoisotopic (exact) mass is 256 g/mol. The zero-order valence-electron chi connectivity index (χ0n) is 9.78. The van der Waals surface area contributed by atoms with Gasteiger partial charge >= 0.3 is 6.09 Å². The van der Waals surface area contributed by atoms with Crippen molar-refractivity contribution >= 4 is 29.7 Å². The predicted molar refractivity (Wildman–Crippen MR) is 64.5 cm³/mol. The maximum atomic E-state index is 11.5. The molecule has 0 saturated heterocycles. The molecular formula is C11H13ClN2O3. The summed E-state index contributed by atoms with van der Waals surface area (Å²) < 4.78 is 5.05. The highest BCUT2D eigenvalue weighted by molar-refractivity contribution is 6.34. The highest BCUT2D eigenvalue weighted by Crippen LogP contribution is 2.24. The molecule has 0 fully saturated rings. The maximum absolute atomic E-state index is 11.5. The largest absolute Gasteiger partial charge is 0.444 e. The van der Waals surface area contributed by atoms with Crippen molar-refractivity contribution in [1.82, 2.24) is 4.98 Å². The van der Waals surface area contributed by atoms with E-state index in [9.17, 15) is 9.59 Å². The zero-order chi connectivity index (χ0) is 13.1. The average Bonchev–Trinajstić information content (AvgIpc) is 2.18. The Morgan fingerprint density at radius 3 is 2.65 bits per heavy atom. The minimum Gasteiger partial charge on any atom is -0.444 e. The third-order valence-electron chi connectivity index (χ3n) is 1.68. The van der Waals surface area contributed by atoms with Crippen LogP contribution >= 0.6 is 11.6 Å². The first-order valence-corrected chi connectivity index (χ1v) is 5.30. The lowest BCUT2D eigenvalue weighted by atomic mass is 10.2. The molecule has 1 heterocycles. The minimum absolute atomic E-state index is 0.181. The van der Waals surface area contributed by atoms with Gasteiger partial charge in [-0.1, -0.05) is 11.6 Å². The number of hydrogen-bond donors (Lipinski definition) is 1. The van der Waals surface area contributed by atoms with E-state index in [0.29, 0.717) is 6.29 Å². The SMILES string of the molecule is CC(C)(C)OC(=O)Nc1c(Cl)cncc1C=O. The molecule has 1 rings (SSSR count). The number of aldehydes is 1. The fourth-order valence-corrected chi connectivity index (χ4v) is 1.29. The fraction of sp³-hybridized carbons (Fsp3) is 0.364. The van der Waals surface area contributed by atoms with Crippen molar-refractivity contribution in [3.63, 3.8) is 0 Å². The van der Waals surface area contributed by atoms with Crippen molar-refractivity contribution in [3.05, 3.63) is 23.0 Å². The first kappa shape index (κ1) is 13.4. The number of pyridine rings is 1. The normalized spacial score (nSPS) is 10.8. The lowest BCUT2D eigenvalue weighted by molar-refractivity contribution is 0.0636. The van der Waals surface area contributed by atoms with Crippen LogP contribution < -0.4 is 5.32 Å². The summed E-state index contributed by atoms with van der Waals surface area (Å²) in [4.78, 5) is 26.0. The van der Waals surface area contributed by atoms with Crippen LogP contribution in [0, 0.1) is 0 Å². The van der Waals surface area contributed by atoms with Gasteiger partial charge in [0.2, 0.25) is 0 Å². The van der Waals surface area contributed by atoms with Crippen LogP contribution in [0.25, 0.3) is 0 Å². The molecule has 0 aliphatic carbocycles. The summed E-state index contributed by atoms with van der Waals surface area (Å²) in [5.41, 5.74) is -0.223. The van der Waals surface area contributed by atoms with E-state index < -0.39 is 11.7 Å². The van der Waals surface area contributed by atoms with Gasteiger partial charge in [0.25, 0.3) is 0 Å². The first-order valence-electron chi connectivity index (χ1n) is 4.92. The topological polar surface area (TPSA) is 68.3 Å². The van der Waals surface area contributed by atoms with E-state index in [2.05, 4.69) is 10.3 Å². The molecule has 0 aromatic carbocycles. The number of carbonyl (C=O) groups is 2. The van der Waals surface area contributed by atoms with Gasteiger partial charge in [-0.25, -0.2) is 4.79 Å². The molecule has 1 aromatic heterocycles. The third kappa shape index (κ3) is 4.03. The molecule has 5 nitrogen and oxygen atoms in total. The molecule has 17 heavy (non-hydrogen) atoms. The quantitative estimate of drug-likeness (QED) is 0.826. The van der Waals surface area contributed by atoms with E-state index in [-0.39, 0.29) is 16.3 Å². The van der Waals surface area contributed by atoms with E-state index in [0.717, 1.165) is 0 Å². The van der Waals surface area contributed by atoms with Gasteiger partial charge in [0.15, 0.2) is 6.29 Å². The number of anilines is 1. The van der Waals surface area contributed by atoms with E-state index in [1.165, 1.54) is 12.4 Å². The lowest BCUT2D eigenvalue weighted by Gasteiger charge is -2.20. The van der Waals surface area contributed by atoms with E-state index in [1.54, 1.807) is 20.8 Å². The molecule has 0 aliphatic rings. The molecule has 0 atom stereocenters. The van der Waals surface area contributed by atoms with Gasteiger partial charge in [0, 0.05) is 12.4 Å². The number of amides is 1. The Morgan fingerprint density at radius 1 is 1.47 bits per heavy atom. The fourth-order valence-electron chi connectivity index (χ4n) is 1.08. The molecule has 0 saturated carbocycles. The summed E-state index contributed by atoms with van der Waals surface area (Å²) >= 11 is 5.83. The summed E-state index contributed by atoms with van der Waals surface area (Å²) in [6.07, 6.45) is 2.53. The van der Waals surface area contributed by atoms with Crippen molar-refractivity contribution in [3.8, 4) is 0 Å². The van der Waals surface area contributed by atoms with Crippen molar-refractivity contribution in [2.75, 3.05) is 5.32 Å². The molecule has 0 spiro atoms. The van der Waals surface area contributed by atoms with E-state index in [1.807, 2.05) is 0 Å².